The van der Waals surface area contributed by atoms with Gasteiger partial charge in [0.1, 0.15) is 17.1 Å². The molecule has 0 radical (unpaired) electrons. The molecular formula is C23H19Cl2F2N3O3. The zero-order chi connectivity index (χ0) is 23.6. The summed E-state index contributed by atoms with van der Waals surface area (Å²) in [5, 5.41) is 9.86. The van der Waals surface area contributed by atoms with Crippen LogP contribution < -0.4 is 16.1 Å². The van der Waals surface area contributed by atoms with Crippen LogP contribution in [0.3, 0.4) is 0 Å². The predicted molar refractivity (Wildman–Crippen MR) is 123 cm³/mol. The van der Waals surface area contributed by atoms with Gasteiger partial charge in [-0.2, -0.15) is 0 Å². The van der Waals surface area contributed by atoms with E-state index in [1.54, 1.807) is 18.2 Å². The molecule has 1 aliphatic heterocycles. The Morgan fingerprint density at radius 3 is 2.48 bits per heavy atom. The van der Waals surface area contributed by atoms with Crippen molar-refractivity contribution in [2.45, 2.75) is 30.8 Å². The van der Waals surface area contributed by atoms with Crippen molar-refractivity contribution in [2.75, 3.05) is 18.0 Å². The molecule has 0 spiro atoms. The number of anilines is 1. The molecule has 0 amide bonds. The van der Waals surface area contributed by atoms with Crippen molar-refractivity contribution >= 4 is 45.8 Å². The van der Waals surface area contributed by atoms with E-state index in [4.69, 9.17) is 28.9 Å². The molecule has 33 heavy (non-hydrogen) atoms. The second-order valence-electron chi connectivity index (χ2n) is 8.58. The number of nitrogens with zero attached hydrogens (tertiary/aromatic N) is 2. The van der Waals surface area contributed by atoms with Gasteiger partial charge in [0.2, 0.25) is 5.43 Å². The molecule has 1 saturated carbocycles. The largest absolute Gasteiger partial charge is 0.477 e. The summed E-state index contributed by atoms with van der Waals surface area (Å²) in [5.41, 5.74) is 5.34. The first-order chi connectivity index (χ1) is 15.7. The van der Waals surface area contributed by atoms with Gasteiger partial charge in [0.25, 0.3) is 0 Å². The average molecular weight is 494 g/mol. The van der Waals surface area contributed by atoms with E-state index in [1.807, 2.05) is 0 Å². The second kappa shape index (κ2) is 7.97. The monoisotopic (exact) mass is 493 g/mol. The van der Waals surface area contributed by atoms with Crippen molar-refractivity contribution in [3.05, 3.63) is 73.5 Å². The lowest BCUT2D eigenvalue weighted by molar-refractivity contribution is 0.0694. The maximum Gasteiger partial charge on any atom is 0.341 e. The van der Waals surface area contributed by atoms with Crippen LogP contribution in [-0.2, 0) is 0 Å². The minimum atomic E-state index is -1.43. The fraction of sp³-hybridized carbons (Fsp3) is 0.304. The first-order valence-electron chi connectivity index (χ1n) is 10.4. The van der Waals surface area contributed by atoms with Gasteiger partial charge in [-0.05, 0) is 36.6 Å². The summed E-state index contributed by atoms with van der Waals surface area (Å²) in [6.07, 6.45) is 2.60. The molecule has 2 aliphatic rings. The van der Waals surface area contributed by atoms with Gasteiger partial charge in [-0.15, -0.1) is 0 Å². The molecule has 6 nitrogen and oxygen atoms in total. The van der Waals surface area contributed by atoms with Crippen LogP contribution in [0.4, 0.5) is 14.5 Å². The number of hydrogen-bond acceptors (Lipinski definition) is 4. The number of nitrogens with two attached hydrogens (primary N) is 1. The van der Waals surface area contributed by atoms with E-state index in [0.717, 1.165) is 30.7 Å². The Morgan fingerprint density at radius 1 is 1.12 bits per heavy atom. The third kappa shape index (κ3) is 3.66. The van der Waals surface area contributed by atoms with E-state index in [0.29, 0.717) is 10.0 Å². The van der Waals surface area contributed by atoms with Crippen molar-refractivity contribution in [3.8, 4) is 0 Å². The molecule has 172 valence electrons. The lowest BCUT2D eigenvalue weighted by atomic mass is 9.95. The van der Waals surface area contributed by atoms with Crippen molar-refractivity contribution in [1.82, 2.24) is 4.57 Å². The number of carboxylic acid groups (broad SMARTS) is 1. The van der Waals surface area contributed by atoms with E-state index < -0.39 is 34.6 Å². The van der Waals surface area contributed by atoms with Crippen LogP contribution in [0.5, 0.6) is 0 Å². The van der Waals surface area contributed by atoms with Gasteiger partial charge in [-0.3, -0.25) is 4.79 Å². The smallest absolute Gasteiger partial charge is 0.341 e. The Hall–Kier alpha value is -2.68. The van der Waals surface area contributed by atoms with E-state index >= 15 is 8.78 Å². The number of aromatic carboxylic acids is 1. The maximum atomic E-state index is 15.8. The van der Waals surface area contributed by atoms with Crippen LogP contribution in [0.1, 0.15) is 40.7 Å². The number of carboxylic acids is 1. The van der Waals surface area contributed by atoms with Crippen molar-refractivity contribution in [1.29, 1.82) is 0 Å². The number of pyridine rings is 1. The molecular weight excluding hydrogens is 475 g/mol. The Bertz CT molecular complexity index is 1370. The number of hydrogen-bond donors (Lipinski definition) is 2. The number of fused-ring (bicyclic) bond motifs is 1. The van der Waals surface area contributed by atoms with Gasteiger partial charge in [-0.1, -0.05) is 29.3 Å². The number of carbonyl (C=O) groups is 1. The van der Waals surface area contributed by atoms with Gasteiger partial charge in [-0.25, -0.2) is 13.6 Å². The SMILES string of the molecule is N[C@@H]1CN(c2c(F)cc3c(=O)c(C(=O)O)cn(C4CC4)c3c2F)C[C@H]1c1ccc(Cl)c(Cl)c1. The fourth-order valence-corrected chi connectivity index (χ4v) is 4.93. The minimum Gasteiger partial charge on any atom is -0.477 e. The standard InChI is InChI=1S/C23H19Cl2F2N3O3/c24-15-4-1-10(5-16(15)25)13-7-29(9-18(13)28)21-17(26)6-12-20(19(21)27)30(11-2-3-11)8-14(22(12)31)23(32)33/h1,4-6,8,11,13,18H,2-3,7,9,28H2,(H,32,33)/t13-,18+/m0/s1. The normalized spacial score (nSPS) is 20.6. The molecule has 1 aliphatic carbocycles. The van der Waals surface area contributed by atoms with E-state index in [9.17, 15) is 14.7 Å². The summed E-state index contributed by atoms with van der Waals surface area (Å²) in [6, 6.07) is 5.51. The predicted octanol–water partition coefficient (Wildman–Crippen LogP) is 4.55. The van der Waals surface area contributed by atoms with Gasteiger partial charge in [0, 0.05) is 37.3 Å². The third-order valence-corrected chi connectivity index (χ3v) is 7.15. The maximum absolute atomic E-state index is 15.8. The summed E-state index contributed by atoms with van der Waals surface area (Å²) < 4.78 is 32.5. The lowest BCUT2D eigenvalue weighted by Gasteiger charge is -2.22. The Kier molecular flexibility index (Phi) is 5.34. The Balaban J connectivity index is 1.62. The second-order valence-corrected chi connectivity index (χ2v) is 9.40. The highest BCUT2D eigenvalue weighted by Gasteiger charge is 2.36. The zero-order valence-corrected chi connectivity index (χ0v) is 18.7. The molecule has 2 heterocycles. The van der Waals surface area contributed by atoms with Crippen LogP contribution in [0.15, 0.2) is 35.3 Å². The summed E-state index contributed by atoms with van der Waals surface area (Å²) in [6.45, 7) is 0.421. The molecule has 2 atom stereocenters. The quantitative estimate of drug-likeness (QED) is 0.556. The summed E-state index contributed by atoms with van der Waals surface area (Å²) >= 11 is 12.1. The van der Waals surface area contributed by atoms with Crippen molar-refractivity contribution in [3.63, 3.8) is 0 Å². The zero-order valence-electron chi connectivity index (χ0n) is 17.2. The molecule has 3 aromatic rings. The number of benzene rings is 2. The molecule has 0 unspecified atom stereocenters. The van der Waals surface area contributed by atoms with Crippen LogP contribution in [0.2, 0.25) is 10.0 Å². The Morgan fingerprint density at radius 2 is 1.85 bits per heavy atom. The lowest BCUT2D eigenvalue weighted by Crippen LogP contribution is -2.29. The van der Waals surface area contributed by atoms with Crippen molar-refractivity contribution < 1.29 is 18.7 Å². The van der Waals surface area contributed by atoms with Crippen LogP contribution in [0.25, 0.3) is 10.9 Å². The van der Waals surface area contributed by atoms with Gasteiger partial charge in [0.05, 0.1) is 20.9 Å². The van der Waals surface area contributed by atoms with Crippen LogP contribution in [-0.4, -0.2) is 34.8 Å². The first kappa shape index (κ1) is 22.1. The molecule has 2 aromatic carbocycles. The Labute approximate surface area is 197 Å². The molecule has 0 bridgehead atoms. The summed E-state index contributed by atoms with van der Waals surface area (Å²) in [7, 11) is 0. The topological polar surface area (TPSA) is 88.6 Å². The minimum absolute atomic E-state index is 0.0875. The molecule has 3 N–H and O–H groups in total. The summed E-state index contributed by atoms with van der Waals surface area (Å²) in [5.74, 6) is -3.51. The average Bonchev–Trinajstić information content (AvgIpc) is 3.53. The molecule has 10 heteroatoms. The fourth-order valence-electron chi connectivity index (χ4n) is 4.62. The number of rotatable bonds is 4. The number of aromatic nitrogens is 1. The highest BCUT2D eigenvalue weighted by atomic mass is 35.5. The molecule has 5 rings (SSSR count). The first-order valence-corrected chi connectivity index (χ1v) is 11.2. The summed E-state index contributed by atoms with van der Waals surface area (Å²) in [4.78, 5) is 25.7. The highest BCUT2D eigenvalue weighted by molar-refractivity contribution is 6.42. The molecule has 1 saturated heterocycles. The van der Waals surface area contributed by atoms with Gasteiger partial charge in [0.15, 0.2) is 5.82 Å². The number of halogens is 4. The molecule has 1 aromatic heterocycles. The van der Waals surface area contributed by atoms with Crippen molar-refractivity contribution in [2.24, 2.45) is 5.73 Å². The van der Waals surface area contributed by atoms with Crippen LogP contribution >= 0.6 is 23.2 Å². The highest BCUT2D eigenvalue weighted by Crippen LogP contribution is 2.41. The van der Waals surface area contributed by atoms with E-state index in [1.165, 1.54) is 9.47 Å². The van der Waals surface area contributed by atoms with Crippen LogP contribution in [0, 0.1) is 11.6 Å². The van der Waals surface area contributed by atoms with E-state index in [2.05, 4.69) is 0 Å². The van der Waals surface area contributed by atoms with Gasteiger partial charge >= 0.3 is 5.97 Å². The molecule has 2 fully saturated rings. The third-order valence-electron chi connectivity index (χ3n) is 6.41. The van der Waals surface area contributed by atoms with E-state index in [-0.39, 0.29) is 41.6 Å². The van der Waals surface area contributed by atoms with Gasteiger partial charge < -0.3 is 20.3 Å².